The fourth-order valence-corrected chi connectivity index (χ4v) is 4.08. The lowest BCUT2D eigenvalue weighted by atomic mass is 10.1. The number of aryl methyl sites for hydroxylation is 1. The van der Waals surface area contributed by atoms with Gasteiger partial charge in [-0.05, 0) is 50.3 Å². The Labute approximate surface area is 179 Å². The molecule has 1 saturated heterocycles. The molecule has 2 aromatic rings. The van der Waals surface area contributed by atoms with E-state index >= 15 is 0 Å². The van der Waals surface area contributed by atoms with Gasteiger partial charge in [0.05, 0.1) is 16.3 Å². The highest BCUT2D eigenvalue weighted by molar-refractivity contribution is 7.98. The smallest absolute Gasteiger partial charge is 0.259 e. The number of halogens is 3. The summed E-state index contributed by atoms with van der Waals surface area (Å²) in [4.78, 5) is 20.5. The number of anilines is 2. The first-order chi connectivity index (χ1) is 13.7. The number of rotatable bonds is 4. The fourth-order valence-electron chi connectivity index (χ4n) is 3.48. The Morgan fingerprint density at radius 2 is 2.03 bits per heavy atom. The van der Waals surface area contributed by atoms with Crippen molar-refractivity contribution in [2.24, 2.45) is 0 Å². The highest BCUT2D eigenvalue weighted by Gasteiger charge is 2.33. The number of benzene rings is 1. The third kappa shape index (κ3) is 5.01. The second kappa shape index (κ2) is 8.88. The first-order valence-electron chi connectivity index (χ1n) is 9.47. The molecule has 3 rings (SSSR count). The zero-order valence-corrected chi connectivity index (χ0v) is 18.3. The minimum absolute atomic E-state index is 0.142. The summed E-state index contributed by atoms with van der Waals surface area (Å²) in [5, 5.41) is 3.32. The average Bonchev–Trinajstić information content (AvgIpc) is 2.86. The van der Waals surface area contributed by atoms with Crippen LogP contribution in [-0.4, -0.2) is 36.2 Å². The molecule has 156 valence electrons. The molecule has 0 saturated carbocycles. The van der Waals surface area contributed by atoms with Crippen LogP contribution in [0.4, 0.5) is 20.3 Å². The molecular weight excluding hydrogens is 416 g/mol. The second-order valence-electron chi connectivity index (χ2n) is 7.22. The molecule has 1 aliphatic rings. The lowest BCUT2D eigenvalue weighted by Crippen LogP contribution is -2.30. The number of carbonyl (C=O) groups is 1. The first-order valence-corrected chi connectivity index (χ1v) is 11.1. The van der Waals surface area contributed by atoms with Crippen LogP contribution in [0.15, 0.2) is 29.2 Å². The molecule has 0 aliphatic carbocycles. The zero-order valence-electron chi connectivity index (χ0n) is 16.7. The second-order valence-corrected chi connectivity index (χ2v) is 8.48. The number of alkyl halides is 2. The molecule has 0 bridgehead atoms. The summed E-state index contributed by atoms with van der Waals surface area (Å²) in [7, 11) is 0. The van der Waals surface area contributed by atoms with Crippen molar-refractivity contribution in [3.05, 3.63) is 46.1 Å². The standard InChI is InChI=1S/C21H24ClF2N3OS/c1-13-17(20(28)26-15-6-4-7-16(12-15)29-3)19(25-14(2)18(13)22)27-10-5-8-21(23,24)9-11-27/h4,6-7,12H,5,8-11H2,1-3H3,(H,26,28). The highest BCUT2D eigenvalue weighted by atomic mass is 35.5. The van der Waals surface area contributed by atoms with Crippen LogP contribution < -0.4 is 10.2 Å². The maximum atomic E-state index is 13.8. The van der Waals surface area contributed by atoms with Gasteiger partial charge in [0.2, 0.25) is 5.92 Å². The predicted molar refractivity (Wildman–Crippen MR) is 116 cm³/mol. The fraction of sp³-hybridized carbons (Fsp3) is 0.429. The third-order valence-electron chi connectivity index (χ3n) is 5.09. The third-order valence-corrected chi connectivity index (χ3v) is 6.37. The van der Waals surface area contributed by atoms with Gasteiger partial charge in [-0.15, -0.1) is 11.8 Å². The van der Waals surface area contributed by atoms with Gasteiger partial charge in [-0.25, -0.2) is 13.8 Å². The molecule has 29 heavy (non-hydrogen) atoms. The van der Waals surface area contributed by atoms with Gasteiger partial charge >= 0.3 is 0 Å². The van der Waals surface area contributed by atoms with E-state index in [0.717, 1.165) is 4.90 Å². The lowest BCUT2D eigenvalue weighted by Gasteiger charge is -2.26. The number of carbonyl (C=O) groups excluding carboxylic acids is 1. The Morgan fingerprint density at radius 3 is 2.76 bits per heavy atom. The molecule has 8 heteroatoms. The van der Waals surface area contributed by atoms with Crippen molar-refractivity contribution in [3.8, 4) is 0 Å². The predicted octanol–water partition coefficient (Wildman–Crippen LogP) is 5.95. The minimum Gasteiger partial charge on any atom is -0.356 e. The molecule has 1 aromatic carbocycles. The maximum absolute atomic E-state index is 13.8. The van der Waals surface area contributed by atoms with E-state index in [2.05, 4.69) is 10.3 Å². The molecule has 4 nitrogen and oxygen atoms in total. The number of hydrogen-bond donors (Lipinski definition) is 1. The van der Waals surface area contributed by atoms with E-state index in [9.17, 15) is 13.6 Å². The number of aromatic nitrogens is 1. The Kier molecular flexibility index (Phi) is 6.69. The molecular formula is C21H24ClF2N3OS. The maximum Gasteiger partial charge on any atom is 0.259 e. The van der Waals surface area contributed by atoms with Gasteiger partial charge in [-0.1, -0.05) is 17.7 Å². The van der Waals surface area contributed by atoms with Crippen LogP contribution in [0, 0.1) is 13.8 Å². The summed E-state index contributed by atoms with van der Waals surface area (Å²) < 4.78 is 27.7. The van der Waals surface area contributed by atoms with Gasteiger partial charge in [-0.3, -0.25) is 4.79 Å². The van der Waals surface area contributed by atoms with E-state index in [1.807, 2.05) is 30.5 Å². The highest BCUT2D eigenvalue weighted by Crippen LogP contribution is 2.34. The van der Waals surface area contributed by atoms with Crippen molar-refractivity contribution in [2.75, 3.05) is 29.6 Å². The van der Waals surface area contributed by atoms with Crippen LogP contribution in [0.25, 0.3) is 0 Å². The Balaban J connectivity index is 1.98. The van der Waals surface area contributed by atoms with Gasteiger partial charge in [0.15, 0.2) is 0 Å². The van der Waals surface area contributed by atoms with Gasteiger partial charge in [0.25, 0.3) is 5.91 Å². The molecule has 2 heterocycles. The topological polar surface area (TPSA) is 45.2 Å². The number of pyridine rings is 1. The summed E-state index contributed by atoms with van der Waals surface area (Å²) in [5.41, 5.74) is 2.17. The Hall–Kier alpha value is -1.86. The normalized spacial score (nSPS) is 16.4. The van der Waals surface area contributed by atoms with E-state index in [1.165, 1.54) is 0 Å². The van der Waals surface area contributed by atoms with Crippen LogP contribution in [0.5, 0.6) is 0 Å². The molecule has 1 amide bonds. The van der Waals surface area contributed by atoms with Crippen LogP contribution in [0.3, 0.4) is 0 Å². The minimum atomic E-state index is -2.69. The van der Waals surface area contributed by atoms with E-state index in [0.29, 0.717) is 46.3 Å². The first kappa shape index (κ1) is 21.8. The quantitative estimate of drug-likeness (QED) is 0.598. The molecule has 0 radical (unpaired) electrons. The number of nitrogens with one attached hydrogen (secondary N) is 1. The summed E-state index contributed by atoms with van der Waals surface area (Å²) in [6, 6.07) is 7.51. The van der Waals surface area contributed by atoms with Crippen LogP contribution >= 0.6 is 23.4 Å². The van der Waals surface area contributed by atoms with Crippen molar-refractivity contribution in [3.63, 3.8) is 0 Å². The molecule has 1 N–H and O–H groups in total. The van der Waals surface area contributed by atoms with Crippen molar-refractivity contribution in [1.82, 2.24) is 4.98 Å². The molecule has 0 spiro atoms. The Bertz CT molecular complexity index is 923. The zero-order chi connectivity index (χ0) is 21.2. The molecule has 0 unspecified atom stereocenters. The summed E-state index contributed by atoms with van der Waals surface area (Å²) in [6.07, 6.45) is 1.89. The van der Waals surface area contributed by atoms with Gasteiger partial charge in [0, 0.05) is 36.5 Å². The van der Waals surface area contributed by atoms with Crippen LogP contribution in [-0.2, 0) is 0 Å². The molecule has 1 aliphatic heterocycles. The largest absolute Gasteiger partial charge is 0.356 e. The van der Waals surface area contributed by atoms with Crippen molar-refractivity contribution >= 4 is 40.8 Å². The average molecular weight is 440 g/mol. The summed E-state index contributed by atoms with van der Waals surface area (Å²) in [5.74, 6) is -2.62. The summed E-state index contributed by atoms with van der Waals surface area (Å²) >= 11 is 7.96. The van der Waals surface area contributed by atoms with Gasteiger partial charge in [0.1, 0.15) is 5.82 Å². The van der Waals surface area contributed by atoms with Crippen LogP contribution in [0.2, 0.25) is 5.02 Å². The number of amides is 1. The van der Waals surface area contributed by atoms with Crippen molar-refractivity contribution in [1.29, 1.82) is 0 Å². The van der Waals surface area contributed by atoms with Crippen LogP contribution in [0.1, 0.15) is 40.9 Å². The SMILES string of the molecule is CSc1cccc(NC(=O)c2c(N3CCCC(F)(F)CC3)nc(C)c(Cl)c2C)c1. The van der Waals surface area contributed by atoms with Crippen molar-refractivity contribution in [2.45, 2.75) is 43.9 Å². The Morgan fingerprint density at radius 1 is 1.28 bits per heavy atom. The number of hydrogen-bond acceptors (Lipinski definition) is 4. The van der Waals surface area contributed by atoms with Gasteiger partial charge < -0.3 is 10.2 Å². The summed E-state index contributed by atoms with van der Waals surface area (Å²) in [6.45, 7) is 4.09. The molecule has 1 fully saturated rings. The monoisotopic (exact) mass is 439 g/mol. The van der Waals surface area contributed by atoms with E-state index in [1.54, 1.807) is 30.5 Å². The van der Waals surface area contributed by atoms with E-state index in [-0.39, 0.29) is 25.3 Å². The van der Waals surface area contributed by atoms with Gasteiger partial charge in [-0.2, -0.15) is 0 Å². The molecule has 0 atom stereocenters. The number of nitrogens with zero attached hydrogens (tertiary/aromatic N) is 2. The van der Waals surface area contributed by atoms with E-state index < -0.39 is 5.92 Å². The lowest BCUT2D eigenvalue weighted by molar-refractivity contribution is -0.0102. The number of thioether (sulfide) groups is 1. The van der Waals surface area contributed by atoms with E-state index in [4.69, 9.17) is 11.6 Å². The van der Waals surface area contributed by atoms with Crippen molar-refractivity contribution < 1.29 is 13.6 Å². The molecule has 1 aromatic heterocycles.